The van der Waals surface area contributed by atoms with Crippen LogP contribution in [-0.2, 0) is 4.79 Å². The summed E-state index contributed by atoms with van der Waals surface area (Å²) in [5.74, 6) is 0.359. The Kier molecular flexibility index (Phi) is 5.37. The van der Waals surface area contributed by atoms with Gasteiger partial charge in [0, 0.05) is 6.54 Å². The summed E-state index contributed by atoms with van der Waals surface area (Å²) in [7, 11) is 0. The molecule has 0 aliphatic heterocycles. The molecule has 0 unspecified atom stereocenters. The van der Waals surface area contributed by atoms with Crippen LogP contribution in [0.5, 0.6) is 0 Å². The standard InChI is InChI=1S/C9H18N2O/c1-4-5-11-9(12)8(10)6-7(2)3/h4,7-8H,1,5-6,10H2,2-3H3,(H,11,12)/t8-/m0/s1. The van der Waals surface area contributed by atoms with E-state index in [2.05, 4.69) is 11.9 Å². The Hall–Kier alpha value is -0.830. The number of amides is 1. The highest BCUT2D eigenvalue weighted by Gasteiger charge is 2.13. The van der Waals surface area contributed by atoms with E-state index in [0.29, 0.717) is 12.5 Å². The predicted octanol–water partition coefficient (Wildman–Crippen LogP) is 0.662. The number of rotatable bonds is 5. The Morgan fingerprint density at radius 3 is 2.67 bits per heavy atom. The number of carbonyl (C=O) groups is 1. The summed E-state index contributed by atoms with van der Waals surface area (Å²) in [6, 6.07) is -0.384. The van der Waals surface area contributed by atoms with Crippen molar-refractivity contribution in [2.45, 2.75) is 26.3 Å². The second kappa shape index (κ2) is 5.77. The zero-order valence-electron chi connectivity index (χ0n) is 7.84. The topological polar surface area (TPSA) is 55.1 Å². The minimum Gasteiger partial charge on any atom is -0.351 e. The Labute approximate surface area is 74.0 Å². The lowest BCUT2D eigenvalue weighted by Crippen LogP contribution is -2.41. The van der Waals surface area contributed by atoms with E-state index in [1.54, 1.807) is 6.08 Å². The maximum atomic E-state index is 11.2. The molecular formula is C9H18N2O. The van der Waals surface area contributed by atoms with Crippen molar-refractivity contribution in [3.63, 3.8) is 0 Å². The molecule has 0 aromatic carbocycles. The van der Waals surface area contributed by atoms with Gasteiger partial charge in [-0.25, -0.2) is 0 Å². The average Bonchev–Trinajstić information content (AvgIpc) is 1.98. The first-order valence-electron chi connectivity index (χ1n) is 4.22. The van der Waals surface area contributed by atoms with Crippen molar-refractivity contribution in [1.29, 1.82) is 0 Å². The first-order valence-corrected chi connectivity index (χ1v) is 4.22. The van der Waals surface area contributed by atoms with Gasteiger partial charge < -0.3 is 11.1 Å². The SMILES string of the molecule is C=CCNC(=O)[C@@H](N)CC(C)C. The quantitative estimate of drug-likeness (QED) is 0.596. The van der Waals surface area contributed by atoms with Crippen LogP contribution in [0.3, 0.4) is 0 Å². The molecule has 1 atom stereocenters. The van der Waals surface area contributed by atoms with Gasteiger partial charge in [0.15, 0.2) is 0 Å². The van der Waals surface area contributed by atoms with E-state index < -0.39 is 0 Å². The van der Waals surface area contributed by atoms with Crippen LogP contribution in [0, 0.1) is 5.92 Å². The third-order valence-electron chi connectivity index (χ3n) is 1.48. The van der Waals surface area contributed by atoms with E-state index >= 15 is 0 Å². The molecule has 0 aliphatic carbocycles. The van der Waals surface area contributed by atoms with E-state index in [4.69, 9.17) is 5.73 Å². The second-order valence-electron chi connectivity index (χ2n) is 3.27. The molecule has 3 nitrogen and oxygen atoms in total. The summed E-state index contributed by atoms with van der Waals surface area (Å²) in [5, 5.41) is 2.66. The Morgan fingerprint density at radius 2 is 2.25 bits per heavy atom. The monoisotopic (exact) mass is 170 g/mol. The molecule has 0 radical (unpaired) electrons. The largest absolute Gasteiger partial charge is 0.351 e. The molecule has 0 aromatic rings. The van der Waals surface area contributed by atoms with Gasteiger partial charge in [-0.15, -0.1) is 6.58 Å². The molecule has 0 rings (SSSR count). The third kappa shape index (κ3) is 4.91. The molecule has 0 aromatic heterocycles. The molecule has 0 fully saturated rings. The number of nitrogens with two attached hydrogens (primary N) is 1. The molecule has 0 saturated heterocycles. The van der Waals surface area contributed by atoms with Crippen molar-refractivity contribution in [2.75, 3.05) is 6.54 Å². The molecule has 3 N–H and O–H groups in total. The fraction of sp³-hybridized carbons (Fsp3) is 0.667. The Bertz CT molecular complexity index is 155. The van der Waals surface area contributed by atoms with Crippen LogP contribution in [-0.4, -0.2) is 18.5 Å². The maximum Gasteiger partial charge on any atom is 0.237 e. The highest BCUT2D eigenvalue weighted by Crippen LogP contribution is 2.01. The smallest absolute Gasteiger partial charge is 0.237 e. The highest BCUT2D eigenvalue weighted by molar-refractivity contribution is 5.81. The van der Waals surface area contributed by atoms with Crippen LogP contribution >= 0.6 is 0 Å². The van der Waals surface area contributed by atoms with Crippen LogP contribution in [0.15, 0.2) is 12.7 Å². The van der Waals surface area contributed by atoms with Crippen molar-refractivity contribution in [1.82, 2.24) is 5.32 Å². The number of carbonyl (C=O) groups excluding carboxylic acids is 1. The second-order valence-corrected chi connectivity index (χ2v) is 3.27. The van der Waals surface area contributed by atoms with Gasteiger partial charge in [0.25, 0.3) is 0 Å². The Morgan fingerprint density at radius 1 is 1.67 bits per heavy atom. The lowest BCUT2D eigenvalue weighted by molar-refractivity contribution is -0.122. The van der Waals surface area contributed by atoms with Gasteiger partial charge in [-0.1, -0.05) is 19.9 Å². The zero-order valence-corrected chi connectivity index (χ0v) is 7.84. The molecule has 0 aliphatic rings. The van der Waals surface area contributed by atoms with E-state index in [-0.39, 0.29) is 11.9 Å². The summed E-state index contributed by atoms with van der Waals surface area (Å²) in [4.78, 5) is 11.2. The molecule has 0 spiro atoms. The number of hydrogen-bond acceptors (Lipinski definition) is 2. The minimum absolute atomic E-state index is 0.0939. The van der Waals surface area contributed by atoms with Crippen molar-refractivity contribution in [2.24, 2.45) is 11.7 Å². The molecular weight excluding hydrogens is 152 g/mol. The molecule has 0 bridgehead atoms. The van der Waals surface area contributed by atoms with E-state index in [1.165, 1.54) is 0 Å². The summed E-state index contributed by atoms with van der Waals surface area (Å²) in [5.41, 5.74) is 5.61. The molecule has 1 amide bonds. The zero-order chi connectivity index (χ0) is 9.56. The van der Waals surface area contributed by atoms with Gasteiger partial charge in [0.1, 0.15) is 0 Å². The fourth-order valence-electron chi connectivity index (χ4n) is 0.919. The van der Waals surface area contributed by atoms with Gasteiger partial charge in [-0.05, 0) is 12.3 Å². The normalized spacial score (nSPS) is 12.7. The van der Waals surface area contributed by atoms with Crippen LogP contribution < -0.4 is 11.1 Å². The van der Waals surface area contributed by atoms with E-state index in [1.807, 2.05) is 13.8 Å². The third-order valence-corrected chi connectivity index (χ3v) is 1.48. The van der Waals surface area contributed by atoms with E-state index in [9.17, 15) is 4.79 Å². The first-order chi connectivity index (χ1) is 5.57. The van der Waals surface area contributed by atoms with Crippen molar-refractivity contribution in [3.05, 3.63) is 12.7 Å². The lowest BCUT2D eigenvalue weighted by Gasteiger charge is -2.12. The summed E-state index contributed by atoms with van der Waals surface area (Å²) in [6.45, 7) is 8.07. The molecule has 12 heavy (non-hydrogen) atoms. The fourth-order valence-corrected chi connectivity index (χ4v) is 0.919. The number of hydrogen-bond donors (Lipinski definition) is 2. The first kappa shape index (κ1) is 11.2. The van der Waals surface area contributed by atoms with Gasteiger partial charge in [-0.3, -0.25) is 4.79 Å². The molecule has 0 saturated carbocycles. The highest BCUT2D eigenvalue weighted by atomic mass is 16.2. The Balaban J connectivity index is 3.68. The van der Waals surface area contributed by atoms with Crippen LogP contribution in [0.1, 0.15) is 20.3 Å². The summed E-state index contributed by atoms with van der Waals surface area (Å²) >= 11 is 0. The van der Waals surface area contributed by atoms with Crippen LogP contribution in [0.4, 0.5) is 0 Å². The molecule has 0 heterocycles. The van der Waals surface area contributed by atoms with Gasteiger partial charge in [0.05, 0.1) is 6.04 Å². The lowest BCUT2D eigenvalue weighted by atomic mass is 10.0. The summed E-state index contributed by atoms with van der Waals surface area (Å²) in [6.07, 6.45) is 2.36. The molecule has 3 heteroatoms. The van der Waals surface area contributed by atoms with Gasteiger partial charge >= 0.3 is 0 Å². The minimum atomic E-state index is -0.384. The van der Waals surface area contributed by atoms with Crippen molar-refractivity contribution >= 4 is 5.91 Å². The summed E-state index contributed by atoms with van der Waals surface area (Å²) < 4.78 is 0. The van der Waals surface area contributed by atoms with Crippen molar-refractivity contribution < 1.29 is 4.79 Å². The maximum absolute atomic E-state index is 11.2. The molecule has 70 valence electrons. The van der Waals surface area contributed by atoms with Crippen molar-refractivity contribution in [3.8, 4) is 0 Å². The van der Waals surface area contributed by atoms with Crippen LogP contribution in [0.2, 0.25) is 0 Å². The number of nitrogens with one attached hydrogen (secondary N) is 1. The van der Waals surface area contributed by atoms with Crippen LogP contribution in [0.25, 0.3) is 0 Å². The average molecular weight is 170 g/mol. The van der Waals surface area contributed by atoms with Gasteiger partial charge in [-0.2, -0.15) is 0 Å². The van der Waals surface area contributed by atoms with E-state index in [0.717, 1.165) is 6.42 Å². The van der Waals surface area contributed by atoms with Gasteiger partial charge in [0.2, 0.25) is 5.91 Å². The predicted molar refractivity (Wildman–Crippen MR) is 50.6 cm³/mol.